The molecule has 1 spiro atoms. The second-order valence-corrected chi connectivity index (χ2v) is 12.3. The Balaban J connectivity index is 1.48. The molecule has 5 rings (SSSR count). The molecule has 202 valence electrons. The first-order chi connectivity index (χ1) is 16.8. The summed E-state index contributed by atoms with van der Waals surface area (Å²) in [5.41, 5.74) is -4.31. The topological polar surface area (TPSA) is 174 Å². The molecule has 36 heavy (non-hydrogen) atoms. The summed E-state index contributed by atoms with van der Waals surface area (Å²) in [6.07, 6.45) is -6.11. The van der Waals surface area contributed by atoms with Gasteiger partial charge in [0.05, 0.1) is 29.1 Å². The average Bonchev–Trinajstić information content (AvgIpc) is 3.03. The van der Waals surface area contributed by atoms with Gasteiger partial charge in [-0.2, -0.15) is 0 Å². The number of hydrogen-bond acceptors (Lipinski definition) is 10. The summed E-state index contributed by atoms with van der Waals surface area (Å²) in [6.45, 7) is 6.84. The van der Waals surface area contributed by atoms with Crippen molar-refractivity contribution in [1.29, 1.82) is 0 Å². The van der Waals surface area contributed by atoms with Crippen molar-refractivity contribution in [2.75, 3.05) is 6.61 Å². The maximum atomic E-state index is 13.7. The number of carbonyl (C=O) groups excluding carboxylic acids is 2. The quantitative estimate of drug-likeness (QED) is 0.216. The number of ether oxygens (including phenoxy) is 2. The molecule has 10 heteroatoms. The van der Waals surface area contributed by atoms with E-state index in [0.29, 0.717) is 44.1 Å². The maximum Gasteiger partial charge on any atom is 0.314 e. The third-order valence-electron chi connectivity index (χ3n) is 10.7. The largest absolute Gasteiger partial charge is 0.432 e. The molecule has 5 fully saturated rings. The van der Waals surface area contributed by atoms with Crippen LogP contribution in [0.15, 0.2) is 12.2 Å². The van der Waals surface area contributed by atoms with E-state index in [1.807, 2.05) is 6.92 Å². The number of allylic oxidation sites excluding steroid dienone is 1. The first-order valence-corrected chi connectivity index (χ1v) is 12.9. The molecule has 0 aromatic carbocycles. The molecule has 6 N–H and O–H groups in total. The minimum atomic E-state index is -1.74. The Hall–Kier alpha value is -1.40. The summed E-state index contributed by atoms with van der Waals surface area (Å²) in [4.78, 5) is 27.2. The van der Waals surface area contributed by atoms with Gasteiger partial charge >= 0.3 is 5.97 Å². The number of fused-ring (bicyclic) bond motifs is 3. The molecular formula is C26H38O10. The van der Waals surface area contributed by atoms with E-state index >= 15 is 0 Å². The van der Waals surface area contributed by atoms with Gasteiger partial charge in [0, 0.05) is 11.3 Å². The van der Waals surface area contributed by atoms with Crippen LogP contribution in [0.5, 0.6) is 0 Å². The van der Waals surface area contributed by atoms with Crippen LogP contribution < -0.4 is 0 Å². The molecule has 1 aliphatic heterocycles. The number of hydrogen-bond donors (Lipinski definition) is 6. The third-order valence-corrected chi connectivity index (χ3v) is 10.7. The molecular weight excluding hydrogens is 472 g/mol. The first-order valence-electron chi connectivity index (χ1n) is 12.9. The van der Waals surface area contributed by atoms with E-state index in [9.17, 15) is 40.2 Å². The van der Waals surface area contributed by atoms with Gasteiger partial charge in [-0.15, -0.1) is 0 Å². The van der Waals surface area contributed by atoms with Crippen molar-refractivity contribution in [3.05, 3.63) is 12.2 Å². The van der Waals surface area contributed by atoms with Crippen LogP contribution >= 0.6 is 0 Å². The van der Waals surface area contributed by atoms with E-state index < -0.39 is 77.1 Å². The van der Waals surface area contributed by atoms with E-state index in [1.165, 1.54) is 0 Å². The molecule has 2 bridgehead atoms. The highest BCUT2D eigenvalue weighted by Gasteiger charge is 2.77. The molecule has 0 aromatic rings. The summed E-state index contributed by atoms with van der Waals surface area (Å²) in [5, 5.41) is 63.9. The number of ketones is 1. The monoisotopic (exact) mass is 510 g/mol. The van der Waals surface area contributed by atoms with Gasteiger partial charge in [0.1, 0.15) is 24.4 Å². The maximum absolute atomic E-state index is 13.7. The van der Waals surface area contributed by atoms with Gasteiger partial charge in [-0.25, -0.2) is 0 Å². The van der Waals surface area contributed by atoms with E-state index in [1.54, 1.807) is 6.92 Å². The van der Waals surface area contributed by atoms with Crippen LogP contribution in [0.4, 0.5) is 0 Å². The molecule has 0 aromatic heterocycles. The number of aliphatic hydroxyl groups is 6. The summed E-state index contributed by atoms with van der Waals surface area (Å²) in [7, 11) is 0. The van der Waals surface area contributed by atoms with Crippen molar-refractivity contribution >= 4 is 11.8 Å². The third kappa shape index (κ3) is 3.09. The molecule has 10 nitrogen and oxygen atoms in total. The van der Waals surface area contributed by atoms with Crippen LogP contribution in [0.1, 0.15) is 58.8 Å². The van der Waals surface area contributed by atoms with Crippen molar-refractivity contribution in [3.8, 4) is 0 Å². The van der Waals surface area contributed by atoms with Crippen LogP contribution in [-0.4, -0.2) is 91.4 Å². The second-order valence-electron chi connectivity index (χ2n) is 12.3. The highest BCUT2D eigenvalue weighted by molar-refractivity contribution is 6.04. The van der Waals surface area contributed by atoms with Crippen molar-refractivity contribution in [1.82, 2.24) is 0 Å². The van der Waals surface area contributed by atoms with Crippen LogP contribution in [0.25, 0.3) is 0 Å². The zero-order valence-electron chi connectivity index (χ0n) is 20.8. The molecule has 5 aliphatic rings. The van der Waals surface area contributed by atoms with Gasteiger partial charge in [0.25, 0.3) is 0 Å². The Morgan fingerprint density at radius 1 is 1.08 bits per heavy atom. The zero-order chi connectivity index (χ0) is 26.4. The van der Waals surface area contributed by atoms with Crippen molar-refractivity contribution in [2.45, 2.75) is 101 Å². The molecule has 0 amide bonds. The summed E-state index contributed by atoms with van der Waals surface area (Å²) >= 11 is 0. The molecule has 7 unspecified atom stereocenters. The van der Waals surface area contributed by atoms with Gasteiger partial charge < -0.3 is 40.1 Å². The standard InChI is InChI=1S/C26H38O10/c1-12-13-5-8-26(34)24(3)7-4-6-23(2,19(24)14(28)10-25(26,9-13)20(12)32)22(33)36-21-18(31)17(30)16(29)15(11-27)35-21/h13-19,21,27-31,34H,1,4-11H2,2-3H3/t13?,14?,15?,16?,17?,18?,19-,21?,23-,24-,25-,26-/m1/s1. The van der Waals surface area contributed by atoms with Gasteiger partial charge in [0.15, 0.2) is 5.78 Å². The Kier molecular flexibility index (Phi) is 6.04. The van der Waals surface area contributed by atoms with Gasteiger partial charge in [-0.05, 0) is 56.9 Å². The smallest absolute Gasteiger partial charge is 0.314 e. The van der Waals surface area contributed by atoms with Gasteiger partial charge in [0.2, 0.25) is 6.29 Å². The van der Waals surface area contributed by atoms with Crippen molar-refractivity contribution in [2.24, 2.45) is 28.1 Å². The van der Waals surface area contributed by atoms with E-state index in [2.05, 4.69) is 6.58 Å². The Labute approximate surface area is 209 Å². The molecule has 4 aliphatic carbocycles. The lowest BCUT2D eigenvalue weighted by Gasteiger charge is -2.68. The molecule has 1 heterocycles. The lowest BCUT2D eigenvalue weighted by atomic mass is 9.38. The minimum Gasteiger partial charge on any atom is -0.432 e. The Morgan fingerprint density at radius 2 is 1.78 bits per heavy atom. The van der Waals surface area contributed by atoms with Crippen LogP contribution in [0.3, 0.4) is 0 Å². The Morgan fingerprint density at radius 3 is 2.44 bits per heavy atom. The number of Topliss-reactive ketones (excluding diaryl/α,β-unsaturated/α-hetero) is 1. The lowest BCUT2D eigenvalue weighted by molar-refractivity contribution is -0.306. The van der Waals surface area contributed by atoms with E-state index in [-0.39, 0.29) is 18.1 Å². The summed E-state index contributed by atoms with van der Waals surface area (Å²) in [6, 6.07) is 0. The fourth-order valence-electron chi connectivity index (χ4n) is 8.82. The molecule has 1 saturated heterocycles. The van der Waals surface area contributed by atoms with Gasteiger partial charge in [-0.3, -0.25) is 9.59 Å². The fourth-order valence-corrected chi connectivity index (χ4v) is 8.82. The summed E-state index contributed by atoms with van der Waals surface area (Å²) in [5.74, 6) is -1.71. The van der Waals surface area contributed by atoms with Crippen molar-refractivity contribution < 1.29 is 49.7 Å². The van der Waals surface area contributed by atoms with Gasteiger partial charge in [-0.1, -0.05) is 19.9 Å². The summed E-state index contributed by atoms with van der Waals surface area (Å²) < 4.78 is 10.9. The molecule has 12 atom stereocenters. The van der Waals surface area contributed by atoms with E-state index in [0.717, 1.165) is 0 Å². The Bertz CT molecular complexity index is 966. The highest BCUT2D eigenvalue weighted by atomic mass is 16.7. The SMILES string of the molecule is C=C1C(=O)[C@]23CC1CC[C@@]2(O)[C@]1(C)CCC[C@@](C)(C(=O)OC2OC(CO)C(O)C(O)C2O)[C@H]1C(O)C3. The lowest BCUT2D eigenvalue weighted by Crippen LogP contribution is -2.73. The number of rotatable bonds is 3. The normalized spacial score (nSPS) is 54.6. The van der Waals surface area contributed by atoms with Crippen LogP contribution in [0.2, 0.25) is 0 Å². The zero-order valence-corrected chi connectivity index (χ0v) is 20.8. The minimum absolute atomic E-state index is 0.00347. The van der Waals surface area contributed by atoms with Crippen LogP contribution in [-0.2, 0) is 19.1 Å². The van der Waals surface area contributed by atoms with Crippen LogP contribution in [0, 0.1) is 28.1 Å². The second kappa shape index (κ2) is 8.30. The number of esters is 1. The molecule has 4 saturated carbocycles. The van der Waals surface area contributed by atoms with Crippen molar-refractivity contribution in [3.63, 3.8) is 0 Å². The predicted octanol–water partition coefficient (Wildman–Crippen LogP) is -0.437. The van der Waals surface area contributed by atoms with E-state index in [4.69, 9.17) is 9.47 Å². The number of carbonyl (C=O) groups is 2. The highest BCUT2D eigenvalue weighted by Crippen LogP contribution is 2.72. The first kappa shape index (κ1) is 26.2. The molecule has 0 radical (unpaired) electrons. The fraction of sp³-hybridized carbons (Fsp3) is 0.846. The predicted molar refractivity (Wildman–Crippen MR) is 123 cm³/mol. The average molecular weight is 511 g/mol. The number of aliphatic hydroxyl groups excluding tert-OH is 5.